The van der Waals surface area contributed by atoms with Crippen molar-refractivity contribution in [3.05, 3.63) is 59.7 Å². The molecular weight excluding hydrogens is 326 g/mol. The molecule has 0 aliphatic rings. The number of rotatable bonds is 10. The summed E-state index contributed by atoms with van der Waals surface area (Å²) in [7, 11) is 3.37. The molecule has 0 amide bonds. The highest BCUT2D eigenvalue weighted by Gasteiger charge is 2.06. The summed E-state index contributed by atoms with van der Waals surface area (Å²) in [6.45, 7) is 2.95. The number of hydrogen-bond acceptors (Lipinski definition) is 4. The van der Waals surface area contributed by atoms with Gasteiger partial charge < -0.3 is 19.5 Å². The van der Waals surface area contributed by atoms with E-state index in [4.69, 9.17) is 14.2 Å². The molecule has 0 aromatic heterocycles. The summed E-state index contributed by atoms with van der Waals surface area (Å²) in [4.78, 5) is 0. The molecule has 24 heavy (non-hydrogen) atoms. The molecule has 0 aliphatic heterocycles. The third kappa shape index (κ3) is 6.79. The van der Waals surface area contributed by atoms with Crippen LogP contribution in [0.25, 0.3) is 0 Å². The average molecular weight is 352 g/mol. The smallest absolute Gasteiger partial charge is 0.161 e. The van der Waals surface area contributed by atoms with E-state index in [-0.39, 0.29) is 12.4 Å². The Morgan fingerprint density at radius 1 is 0.875 bits per heavy atom. The van der Waals surface area contributed by atoms with Gasteiger partial charge in [-0.2, -0.15) is 0 Å². The van der Waals surface area contributed by atoms with E-state index in [0.717, 1.165) is 36.6 Å². The second-order valence-corrected chi connectivity index (χ2v) is 5.24. The van der Waals surface area contributed by atoms with Gasteiger partial charge in [-0.15, -0.1) is 12.4 Å². The fourth-order valence-corrected chi connectivity index (χ4v) is 2.27. The maximum Gasteiger partial charge on any atom is 0.161 e. The molecule has 0 radical (unpaired) electrons. The summed E-state index contributed by atoms with van der Waals surface area (Å²) in [5.74, 6) is 1.55. The molecule has 0 heterocycles. The van der Waals surface area contributed by atoms with E-state index in [1.807, 2.05) is 30.3 Å². The standard InChI is InChI=1S/C19H25NO3.ClH/c1-21-13-11-20-15-17-8-9-18(19(14-17)22-2)23-12-10-16-6-4-3-5-7-16;/h3-9,14,20H,10-13,15H2,1-2H3;1H. The Morgan fingerprint density at radius 3 is 2.38 bits per heavy atom. The topological polar surface area (TPSA) is 39.7 Å². The maximum atomic E-state index is 5.86. The van der Waals surface area contributed by atoms with Crippen LogP contribution >= 0.6 is 12.4 Å². The zero-order valence-electron chi connectivity index (χ0n) is 14.3. The summed E-state index contributed by atoms with van der Waals surface area (Å²) in [5, 5.41) is 3.32. The highest BCUT2D eigenvalue weighted by Crippen LogP contribution is 2.28. The van der Waals surface area contributed by atoms with Crippen LogP contribution in [0.4, 0.5) is 0 Å². The van der Waals surface area contributed by atoms with Gasteiger partial charge in [-0.1, -0.05) is 36.4 Å². The van der Waals surface area contributed by atoms with Crippen LogP contribution in [0.3, 0.4) is 0 Å². The second kappa shape index (κ2) is 11.7. The third-order valence-electron chi connectivity index (χ3n) is 3.53. The summed E-state index contributed by atoms with van der Waals surface area (Å²) in [5.41, 5.74) is 2.43. The molecule has 132 valence electrons. The van der Waals surface area contributed by atoms with Crippen LogP contribution in [0.1, 0.15) is 11.1 Å². The number of nitrogens with one attached hydrogen (secondary N) is 1. The number of benzene rings is 2. The number of ether oxygens (including phenoxy) is 3. The predicted molar refractivity (Wildman–Crippen MR) is 99.5 cm³/mol. The normalized spacial score (nSPS) is 10.1. The fourth-order valence-electron chi connectivity index (χ4n) is 2.27. The lowest BCUT2D eigenvalue weighted by molar-refractivity contribution is 0.199. The van der Waals surface area contributed by atoms with E-state index in [2.05, 4.69) is 23.5 Å². The molecule has 5 heteroatoms. The van der Waals surface area contributed by atoms with Crippen molar-refractivity contribution in [3.8, 4) is 11.5 Å². The van der Waals surface area contributed by atoms with Crippen molar-refractivity contribution in [1.82, 2.24) is 5.32 Å². The van der Waals surface area contributed by atoms with Crippen LogP contribution in [0.15, 0.2) is 48.5 Å². The van der Waals surface area contributed by atoms with E-state index in [1.54, 1.807) is 14.2 Å². The van der Waals surface area contributed by atoms with Crippen LogP contribution in [-0.4, -0.2) is 34.0 Å². The Kier molecular flexibility index (Phi) is 9.92. The van der Waals surface area contributed by atoms with Gasteiger partial charge in [0.1, 0.15) is 0 Å². The number of halogens is 1. The van der Waals surface area contributed by atoms with Gasteiger partial charge in [0.15, 0.2) is 11.5 Å². The van der Waals surface area contributed by atoms with Crippen LogP contribution < -0.4 is 14.8 Å². The van der Waals surface area contributed by atoms with E-state index in [0.29, 0.717) is 13.2 Å². The first kappa shape index (κ1) is 20.3. The molecule has 0 atom stereocenters. The molecule has 2 aromatic carbocycles. The lowest BCUT2D eigenvalue weighted by atomic mass is 10.1. The minimum atomic E-state index is 0. The molecule has 0 spiro atoms. The molecule has 0 saturated carbocycles. The monoisotopic (exact) mass is 351 g/mol. The molecule has 2 rings (SSSR count). The van der Waals surface area contributed by atoms with Gasteiger partial charge >= 0.3 is 0 Å². The predicted octanol–water partition coefficient (Wildman–Crippen LogP) is 3.47. The molecule has 0 saturated heterocycles. The maximum absolute atomic E-state index is 5.86. The third-order valence-corrected chi connectivity index (χ3v) is 3.53. The van der Waals surface area contributed by atoms with Crippen LogP contribution in [0, 0.1) is 0 Å². The van der Waals surface area contributed by atoms with Crippen LogP contribution in [0.2, 0.25) is 0 Å². The minimum absolute atomic E-state index is 0. The van der Waals surface area contributed by atoms with Gasteiger partial charge in [0.2, 0.25) is 0 Å². The Morgan fingerprint density at radius 2 is 1.67 bits per heavy atom. The van der Waals surface area contributed by atoms with Crippen molar-refractivity contribution in [3.63, 3.8) is 0 Å². The highest BCUT2D eigenvalue weighted by atomic mass is 35.5. The van der Waals surface area contributed by atoms with Crippen molar-refractivity contribution in [2.75, 3.05) is 34.0 Å². The van der Waals surface area contributed by atoms with E-state index < -0.39 is 0 Å². The molecule has 1 N–H and O–H groups in total. The Balaban J connectivity index is 0.00000288. The lowest BCUT2D eigenvalue weighted by Crippen LogP contribution is -2.18. The molecule has 0 bridgehead atoms. The van der Waals surface area contributed by atoms with Gasteiger partial charge in [0.25, 0.3) is 0 Å². The SMILES string of the molecule is COCCNCc1ccc(OCCc2ccccc2)c(OC)c1.Cl. The lowest BCUT2D eigenvalue weighted by Gasteiger charge is -2.13. The Hall–Kier alpha value is -1.75. The van der Waals surface area contributed by atoms with Crippen molar-refractivity contribution in [1.29, 1.82) is 0 Å². The molecule has 0 aliphatic carbocycles. The van der Waals surface area contributed by atoms with Gasteiger partial charge in [-0.05, 0) is 23.3 Å². The quantitative estimate of drug-likeness (QED) is 0.665. The molecule has 2 aromatic rings. The van der Waals surface area contributed by atoms with Crippen LogP contribution in [-0.2, 0) is 17.7 Å². The first-order valence-corrected chi connectivity index (χ1v) is 7.87. The van der Waals surface area contributed by atoms with Crippen LogP contribution in [0.5, 0.6) is 11.5 Å². The van der Waals surface area contributed by atoms with E-state index in [1.165, 1.54) is 5.56 Å². The van der Waals surface area contributed by atoms with Crippen molar-refractivity contribution < 1.29 is 14.2 Å². The number of hydrogen-bond donors (Lipinski definition) is 1. The van der Waals surface area contributed by atoms with Gasteiger partial charge in [0, 0.05) is 26.6 Å². The summed E-state index contributed by atoms with van der Waals surface area (Å²) < 4.78 is 16.3. The van der Waals surface area contributed by atoms with Crippen molar-refractivity contribution in [2.24, 2.45) is 0 Å². The molecule has 0 fully saturated rings. The first-order valence-electron chi connectivity index (χ1n) is 7.87. The minimum Gasteiger partial charge on any atom is -0.493 e. The van der Waals surface area contributed by atoms with E-state index >= 15 is 0 Å². The largest absolute Gasteiger partial charge is 0.493 e. The molecule has 0 unspecified atom stereocenters. The zero-order chi connectivity index (χ0) is 16.3. The van der Waals surface area contributed by atoms with Gasteiger partial charge in [-0.25, -0.2) is 0 Å². The van der Waals surface area contributed by atoms with Gasteiger partial charge in [-0.3, -0.25) is 0 Å². The van der Waals surface area contributed by atoms with Crippen molar-refractivity contribution in [2.45, 2.75) is 13.0 Å². The average Bonchev–Trinajstić information content (AvgIpc) is 2.60. The van der Waals surface area contributed by atoms with Gasteiger partial charge in [0.05, 0.1) is 20.3 Å². The molecular formula is C19H26ClNO3. The first-order chi connectivity index (χ1) is 11.3. The summed E-state index contributed by atoms with van der Waals surface area (Å²) in [6.07, 6.45) is 0.879. The fraction of sp³-hybridized carbons (Fsp3) is 0.368. The van der Waals surface area contributed by atoms with Crippen molar-refractivity contribution >= 4 is 12.4 Å². The molecule has 4 nitrogen and oxygen atoms in total. The highest BCUT2D eigenvalue weighted by molar-refractivity contribution is 5.85. The zero-order valence-corrected chi connectivity index (χ0v) is 15.1. The number of methoxy groups -OCH3 is 2. The Labute approximate surface area is 150 Å². The Bertz CT molecular complexity index is 578. The van der Waals surface area contributed by atoms with E-state index in [9.17, 15) is 0 Å². The summed E-state index contributed by atoms with van der Waals surface area (Å²) in [6, 6.07) is 16.4. The second-order valence-electron chi connectivity index (χ2n) is 5.24. The summed E-state index contributed by atoms with van der Waals surface area (Å²) >= 11 is 0.